The SMILES string of the molecule is CC(C)COCCSc1ccc(F)cc1N. The van der Waals surface area contributed by atoms with E-state index in [-0.39, 0.29) is 5.82 Å². The summed E-state index contributed by atoms with van der Waals surface area (Å²) < 4.78 is 18.2. The van der Waals surface area contributed by atoms with Crippen molar-refractivity contribution in [2.75, 3.05) is 24.7 Å². The van der Waals surface area contributed by atoms with Gasteiger partial charge in [-0.05, 0) is 24.1 Å². The smallest absolute Gasteiger partial charge is 0.125 e. The Bertz CT molecular complexity index is 331. The van der Waals surface area contributed by atoms with Crippen LogP contribution >= 0.6 is 11.8 Å². The maximum absolute atomic E-state index is 12.8. The van der Waals surface area contributed by atoms with E-state index in [4.69, 9.17) is 10.5 Å². The van der Waals surface area contributed by atoms with Gasteiger partial charge in [-0.25, -0.2) is 4.39 Å². The number of nitrogens with two attached hydrogens (primary N) is 1. The molecule has 0 atom stereocenters. The molecular formula is C12H18FNOS. The van der Waals surface area contributed by atoms with Crippen LogP contribution in [-0.2, 0) is 4.74 Å². The molecule has 0 aromatic heterocycles. The standard InChI is InChI=1S/C12H18FNOS/c1-9(2)8-15-5-6-16-12-4-3-10(13)7-11(12)14/h3-4,7,9H,5-6,8,14H2,1-2H3. The zero-order chi connectivity index (χ0) is 12.0. The van der Waals surface area contributed by atoms with Gasteiger partial charge < -0.3 is 10.5 Å². The van der Waals surface area contributed by atoms with Gasteiger partial charge in [-0.1, -0.05) is 13.8 Å². The number of halogens is 1. The van der Waals surface area contributed by atoms with Crippen molar-refractivity contribution in [2.24, 2.45) is 5.92 Å². The Labute approximate surface area is 100 Å². The molecule has 0 spiro atoms. The first kappa shape index (κ1) is 13.3. The van der Waals surface area contributed by atoms with Crippen molar-refractivity contribution in [3.8, 4) is 0 Å². The second kappa shape index (κ2) is 6.76. The van der Waals surface area contributed by atoms with E-state index in [2.05, 4.69) is 13.8 Å². The third-order valence-corrected chi connectivity index (χ3v) is 2.96. The Morgan fingerprint density at radius 1 is 1.44 bits per heavy atom. The minimum absolute atomic E-state index is 0.294. The highest BCUT2D eigenvalue weighted by Gasteiger charge is 2.01. The average molecular weight is 243 g/mol. The predicted octanol–water partition coefficient (Wildman–Crippen LogP) is 3.17. The third kappa shape index (κ3) is 4.86. The van der Waals surface area contributed by atoms with Crippen LogP contribution in [0, 0.1) is 11.7 Å². The highest BCUT2D eigenvalue weighted by Crippen LogP contribution is 2.25. The molecular weight excluding hydrogens is 225 g/mol. The molecule has 0 amide bonds. The first-order valence-electron chi connectivity index (χ1n) is 5.35. The zero-order valence-corrected chi connectivity index (χ0v) is 10.5. The van der Waals surface area contributed by atoms with E-state index in [0.29, 0.717) is 18.2 Å². The largest absolute Gasteiger partial charge is 0.398 e. The molecule has 0 unspecified atom stereocenters. The predicted molar refractivity (Wildman–Crippen MR) is 67.2 cm³/mol. The van der Waals surface area contributed by atoms with Crippen molar-refractivity contribution < 1.29 is 9.13 Å². The van der Waals surface area contributed by atoms with Gasteiger partial charge >= 0.3 is 0 Å². The van der Waals surface area contributed by atoms with Crippen molar-refractivity contribution >= 4 is 17.4 Å². The van der Waals surface area contributed by atoms with E-state index >= 15 is 0 Å². The third-order valence-electron chi connectivity index (χ3n) is 1.91. The molecule has 16 heavy (non-hydrogen) atoms. The molecule has 2 nitrogen and oxygen atoms in total. The van der Waals surface area contributed by atoms with Crippen LogP contribution in [0.1, 0.15) is 13.8 Å². The minimum atomic E-state index is -0.294. The molecule has 0 bridgehead atoms. The molecule has 1 aromatic rings. The number of ether oxygens (including phenoxy) is 1. The van der Waals surface area contributed by atoms with Crippen molar-refractivity contribution in [3.05, 3.63) is 24.0 Å². The summed E-state index contributed by atoms with van der Waals surface area (Å²) in [6, 6.07) is 4.47. The number of hydrogen-bond acceptors (Lipinski definition) is 3. The van der Waals surface area contributed by atoms with Gasteiger partial charge in [-0.3, -0.25) is 0 Å². The number of nitrogen functional groups attached to an aromatic ring is 1. The Morgan fingerprint density at radius 3 is 2.81 bits per heavy atom. The average Bonchev–Trinajstić information content (AvgIpc) is 2.20. The molecule has 0 aliphatic rings. The topological polar surface area (TPSA) is 35.2 Å². The second-order valence-electron chi connectivity index (χ2n) is 4.00. The van der Waals surface area contributed by atoms with E-state index in [0.717, 1.165) is 17.3 Å². The molecule has 0 aliphatic heterocycles. The van der Waals surface area contributed by atoms with Gasteiger partial charge in [0.05, 0.1) is 6.61 Å². The fourth-order valence-electron chi connectivity index (χ4n) is 1.18. The van der Waals surface area contributed by atoms with Gasteiger partial charge in [0.1, 0.15) is 5.82 Å². The van der Waals surface area contributed by atoms with Crippen LogP contribution in [0.25, 0.3) is 0 Å². The summed E-state index contributed by atoms with van der Waals surface area (Å²) in [5.74, 6) is 1.10. The first-order valence-corrected chi connectivity index (χ1v) is 6.33. The summed E-state index contributed by atoms with van der Waals surface area (Å²) in [5, 5.41) is 0. The van der Waals surface area contributed by atoms with Gasteiger partial charge in [0.15, 0.2) is 0 Å². The Hall–Kier alpha value is -0.740. The van der Waals surface area contributed by atoms with Crippen LogP contribution in [0.5, 0.6) is 0 Å². The summed E-state index contributed by atoms with van der Waals surface area (Å²) in [6.07, 6.45) is 0. The lowest BCUT2D eigenvalue weighted by Crippen LogP contribution is -2.04. The molecule has 1 rings (SSSR count). The summed E-state index contributed by atoms with van der Waals surface area (Å²) in [4.78, 5) is 0.912. The zero-order valence-electron chi connectivity index (χ0n) is 9.70. The molecule has 4 heteroatoms. The molecule has 0 heterocycles. The summed E-state index contributed by atoms with van der Waals surface area (Å²) in [7, 11) is 0. The Morgan fingerprint density at radius 2 is 2.19 bits per heavy atom. The summed E-state index contributed by atoms with van der Waals surface area (Å²) in [5.41, 5.74) is 6.18. The number of thioether (sulfide) groups is 1. The summed E-state index contributed by atoms with van der Waals surface area (Å²) in [6.45, 7) is 5.70. The maximum Gasteiger partial charge on any atom is 0.125 e. The lowest BCUT2D eigenvalue weighted by molar-refractivity contribution is 0.124. The van der Waals surface area contributed by atoms with Crippen molar-refractivity contribution in [2.45, 2.75) is 18.7 Å². The van der Waals surface area contributed by atoms with E-state index in [1.54, 1.807) is 17.8 Å². The first-order chi connectivity index (χ1) is 7.59. The molecule has 90 valence electrons. The van der Waals surface area contributed by atoms with Crippen LogP contribution in [0.3, 0.4) is 0 Å². The maximum atomic E-state index is 12.8. The normalized spacial score (nSPS) is 11.0. The van der Waals surface area contributed by atoms with Gasteiger partial charge in [-0.15, -0.1) is 11.8 Å². The molecule has 0 fully saturated rings. The van der Waals surface area contributed by atoms with Crippen LogP contribution in [-0.4, -0.2) is 19.0 Å². The second-order valence-corrected chi connectivity index (χ2v) is 5.14. The lowest BCUT2D eigenvalue weighted by Gasteiger charge is -2.07. The minimum Gasteiger partial charge on any atom is -0.398 e. The Balaban J connectivity index is 2.27. The Kier molecular flexibility index (Phi) is 5.63. The molecule has 0 saturated carbocycles. The molecule has 0 radical (unpaired) electrons. The number of anilines is 1. The molecule has 1 aromatic carbocycles. The number of benzene rings is 1. The fraction of sp³-hybridized carbons (Fsp3) is 0.500. The van der Waals surface area contributed by atoms with Gasteiger partial charge in [-0.2, -0.15) is 0 Å². The van der Waals surface area contributed by atoms with Gasteiger partial charge in [0.2, 0.25) is 0 Å². The fourth-order valence-corrected chi connectivity index (χ4v) is 1.99. The number of rotatable bonds is 6. The molecule has 0 saturated heterocycles. The lowest BCUT2D eigenvalue weighted by atomic mass is 10.2. The van der Waals surface area contributed by atoms with Crippen molar-refractivity contribution in [1.29, 1.82) is 0 Å². The number of hydrogen-bond donors (Lipinski definition) is 1. The monoisotopic (exact) mass is 243 g/mol. The van der Waals surface area contributed by atoms with Crippen molar-refractivity contribution in [1.82, 2.24) is 0 Å². The van der Waals surface area contributed by atoms with E-state index in [1.165, 1.54) is 12.1 Å². The van der Waals surface area contributed by atoms with Crippen LogP contribution in [0.2, 0.25) is 0 Å². The van der Waals surface area contributed by atoms with Crippen LogP contribution in [0.4, 0.5) is 10.1 Å². The quantitative estimate of drug-likeness (QED) is 0.473. The highest BCUT2D eigenvalue weighted by molar-refractivity contribution is 7.99. The molecule has 0 aliphatic carbocycles. The molecule has 2 N–H and O–H groups in total. The van der Waals surface area contributed by atoms with Crippen LogP contribution in [0.15, 0.2) is 23.1 Å². The van der Waals surface area contributed by atoms with Crippen molar-refractivity contribution in [3.63, 3.8) is 0 Å². The summed E-state index contributed by atoms with van der Waals surface area (Å²) >= 11 is 1.59. The van der Waals surface area contributed by atoms with Gasteiger partial charge in [0, 0.05) is 22.9 Å². The van der Waals surface area contributed by atoms with E-state index in [9.17, 15) is 4.39 Å². The van der Waals surface area contributed by atoms with E-state index < -0.39 is 0 Å². The highest BCUT2D eigenvalue weighted by atomic mass is 32.2. The van der Waals surface area contributed by atoms with E-state index in [1.807, 2.05) is 0 Å². The van der Waals surface area contributed by atoms with Crippen LogP contribution < -0.4 is 5.73 Å². The van der Waals surface area contributed by atoms with Gasteiger partial charge in [0.25, 0.3) is 0 Å².